The molecule has 3 unspecified atom stereocenters. The summed E-state index contributed by atoms with van der Waals surface area (Å²) in [6.45, 7) is 13.2. The van der Waals surface area contributed by atoms with Gasteiger partial charge in [0.05, 0.1) is 12.2 Å². The number of carbonyl (C=O) groups excluding carboxylic acids is 1. The molecule has 19 heavy (non-hydrogen) atoms. The van der Waals surface area contributed by atoms with E-state index in [-0.39, 0.29) is 12.2 Å². The monoisotopic (exact) mass is 268 g/mol. The van der Waals surface area contributed by atoms with Crippen molar-refractivity contribution in [2.45, 2.75) is 85.5 Å². The Labute approximate surface area is 119 Å². The maximum absolute atomic E-state index is 12.6. The van der Waals surface area contributed by atoms with Crippen LogP contribution in [0.15, 0.2) is 0 Å². The number of hydrogen-bond acceptors (Lipinski definition) is 2. The van der Waals surface area contributed by atoms with Crippen molar-refractivity contribution < 1.29 is 4.79 Å². The lowest BCUT2D eigenvalue weighted by molar-refractivity contribution is -0.132. The smallest absolute Gasteiger partial charge is 0.241 e. The minimum Gasteiger partial charge on any atom is -0.323 e. The zero-order valence-corrected chi connectivity index (χ0v) is 13.6. The van der Waals surface area contributed by atoms with Gasteiger partial charge >= 0.3 is 0 Å². The van der Waals surface area contributed by atoms with Crippen molar-refractivity contribution in [2.75, 3.05) is 0 Å². The average Bonchev–Trinajstić information content (AvgIpc) is 2.54. The highest BCUT2D eigenvalue weighted by Gasteiger charge is 2.40. The third-order valence-corrected chi connectivity index (χ3v) is 3.87. The van der Waals surface area contributed by atoms with Crippen LogP contribution in [0, 0.1) is 11.8 Å². The predicted octanol–water partition coefficient (Wildman–Crippen LogP) is 3.39. The number of amides is 1. The minimum atomic E-state index is 0.0306. The molecule has 0 aromatic rings. The maximum atomic E-state index is 12.6. The van der Waals surface area contributed by atoms with Gasteiger partial charge in [0.1, 0.15) is 0 Å². The number of hydrogen-bond donors (Lipinski definition) is 1. The van der Waals surface area contributed by atoms with Gasteiger partial charge in [-0.1, -0.05) is 41.0 Å². The first-order valence-corrected chi connectivity index (χ1v) is 7.95. The molecule has 1 rings (SSSR count). The molecule has 0 radical (unpaired) electrons. The normalized spacial score (nSPS) is 25.7. The van der Waals surface area contributed by atoms with Crippen LogP contribution in [0.4, 0.5) is 0 Å². The van der Waals surface area contributed by atoms with Gasteiger partial charge in [0.2, 0.25) is 5.91 Å². The van der Waals surface area contributed by atoms with E-state index in [1.54, 1.807) is 0 Å². The summed E-state index contributed by atoms with van der Waals surface area (Å²) in [5, 5.41) is 3.57. The summed E-state index contributed by atoms with van der Waals surface area (Å²) in [6, 6.07) is 0.383. The van der Waals surface area contributed by atoms with Gasteiger partial charge in [-0.3, -0.25) is 10.1 Å². The van der Waals surface area contributed by atoms with Crippen LogP contribution in [0.2, 0.25) is 0 Å². The van der Waals surface area contributed by atoms with Crippen LogP contribution in [0.5, 0.6) is 0 Å². The van der Waals surface area contributed by atoms with Crippen molar-refractivity contribution in [3.8, 4) is 0 Å². The molecule has 0 bridgehead atoms. The molecule has 1 N–H and O–H groups in total. The van der Waals surface area contributed by atoms with Gasteiger partial charge in [0.25, 0.3) is 0 Å². The summed E-state index contributed by atoms with van der Waals surface area (Å²) in [5.74, 6) is 1.49. The molecule has 112 valence electrons. The van der Waals surface area contributed by atoms with Gasteiger partial charge in [-0.15, -0.1) is 0 Å². The Bertz CT molecular complexity index is 288. The molecule has 1 aliphatic heterocycles. The Hall–Kier alpha value is -0.570. The molecule has 0 aliphatic carbocycles. The highest BCUT2D eigenvalue weighted by atomic mass is 16.2. The number of carbonyl (C=O) groups is 1. The Morgan fingerprint density at radius 1 is 1.11 bits per heavy atom. The lowest BCUT2D eigenvalue weighted by Gasteiger charge is -2.31. The van der Waals surface area contributed by atoms with E-state index in [9.17, 15) is 4.79 Å². The lowest BCUT2D eigenvalue weighted by Crippen LogP contribution is -2.43. The van der Waals surface area contributed by atoms with Crippen LogP contribution in [0.25, 0.3) is 0 Å². The topological polar surface area (TPSA) is 32.3 Å². The van der Waals surface area contributed by atoms with Gasteiger partial charge in [-0.25, -0.2) is 0 Å². The van der Waals surface area contributed by atoms with E-state index >= 15 is 0 Å². The van der Waals surface area contributed by atoms with Crippen LogP contribution in [-0.2, 0) is 4.79 Å². The molecule has 3 heteroatoms. The summed E-state index contributed by atoms with van der Waals surface area (Å²) in [7, 11) is 0. The van der Waals surface area contributed by atoms with Gasteiger partial charge < -0.3 is 4.90 Å². The molecular formula is C16H32N2O. The number of nitrogens with one attached hydrogen (secondary N) is 1. The quantitative estimate of drug-likeness (QED) is 0.767. The Morgan fingerprint density at radius 2 is 1.68 bits per heavy atom. The molecule has 3 atom stereocenters. The largest absolute Gasteiger partial charge is 0.323 e. The predicted molar refractivity (Wildman–Crippen MR) is 80.8 cm³/mol. The second-order valence-electron chi connectivity index (χ2n) is 6.88. The second kappa shape index (κ2) is 7.28. The fraction of sp³-hybridized carbons (Fsp3) is 0.938. The molecule has 3 nitrogen and oxygen atoms in total. The van der Waals surface area contributed by atoms with Crippen molar-refractivity contribution in [3.05, 3.63) is 0 Å². The average molecular weight is 268 g/mol. The highest BCUT2D eigenvalue weighted by molar-refractivity contribution is 5.84. The van der Waals surface area contributed by atoms with E-state index in [0.717, 1.165) is 25.7 Å². The summed E-state index contributed by atoms with van der Waals surface area (Å²) >= 11 is 0. The van der Waals surface area contributed by atoms with Crippen molar-refractivity contribution in [3.63, 3.8) is 0 Å². The first kappa shape index (κ1) is 16.5. The highest BCUT2D eigenvalue weighted by Crippen LogP contribution is 2.25. The Balaban J connectivity index is 2.78. The summed E-state index contributed by atoms with van der Waals surface area (Å²) < 4.78 is 0. The van der Waals surface area contributed by atoms with Gasteiger partial charge in [0, 0.05) is 6.04 Å². The fourth-order valence-corrected chi connectivity index (χ4v) is 3.07. The number of nitrogens with zero attached hydrogens (tertiary/aromatic N) is 1. The fourth-order valence-electron chi connectivity index (χ4n) is 3.07. The molecule has 1 amide bonds. The van der Waals surface area contributed by atoms with E-state index in [4.69, 9.17) is 0 Å². The van der Waals surface area contributed by atoms with Crippen LogP contribution < -0.4 is 5.32 Å². The molecule has 0 saturated carbocycles. The summed E-state index contributed by atoms with van der Waals surface area (Å²) in [4.78, 5) is 14.7. The third kappa shape index (κ3) is 4.48. The molecule has 1 heterocycles. The molecular weight excluding hydrogens is 236 g/mol. The van der Waals surface area contributed by atoms with E-state index in [0.29, 0.717) is 23.8 Å². The molecule has 0 aromatic heterocycles. The minimum absolute atomic E-state index is 0.0306. The Kier molecular flexibility index (Phi) is 6.31. The maximum Gasteiger partial charge on any atom is 0.241 e. The van der Waals surface area contributed by atoms with E-state index in [2.05, 4.69) is 51.8 Å². The standard InChI is InChI=1S/C16H32N2O/c1-7-8-13(6)18-15(10-12(4)5)17-14(16(18)19)9-11(2)3/h11-15,17H,7-10H2,1-6H3. The zero-order chi connectivity index (χ0) is 14.6. The lowest BCUT2D eigenvalue weighted by atomic mass is 10.0. The Morgan fingerprint density at radius 3 is 2.16 bits per heavy atom. The van der Waals surface area contributed by atoms with Crippen molar-refractivity contribution in [1.82, 2.24) is 10.2 Å². The van der Waals surface area contributed by atoms with Gasteiger partial charge in [-0.05, 0) is 38.0 Å². The molecule has 1 fully saturated rings. The van der Waals surface area contributed by atoms with Gasteiger partial charge in [-0.2, -0.15) is 0 Å². The molecule has 0 spiro atoms. The second-order valence-corrected chi connectivity index (χ2v) is 6.88. The molecule has 1 saturated heterocycles. The van der Waals surface area contributed by atoms with Gasteiger partial charge in [0.15, 0.2) is 0 Å². The summed E-state index contributed by atoms with van der Waals surface area (Å²) in [5.41, 5.74) is 0. The van der Waals surface area contributed by atoms with Crippen molar-refractivity contribution >= 4 is 5.91 Å². The van der Waals surface area contributed by atoms with Crippen molar-refractivity contribution in [1.29, 1.82) is 0 Å². The van der Waals surface area contributed by atoms with Crippen LogP contribution in [-0.4, -0.2) is 29.1 Å². The van der Waals surface area contributed by atoms with E-state index < -0.39 is 0 Å². The first-order valence-electron chi connectivity index (χ1n) is 7.95. The third-order valence-electron chi connectivity index (χ3n) is 3.87. The molecule has 1 aliphatic rings. The van der Waals surface area contributed by atoms with Crippen LogP contribution >= 0.6 is 0 Å². The summed E-state index contributed by atoms with van der Waals surface area (Å²) in [6.07, 6.45) is 4.46. The SMILES string of the molecule is CCCC(C)N1C(=O)C(CC(C)C)NC1CC(C)C. The first-order chi connectivity index (χ1) is 8.86. The van der Waals surface area contributed by atoms with Crippen LogP contribution in [0.3, 0.4) is 0 Å². The van der Waals surface area contributed by atoms with Crippen LogP contribution in [0.1, 0.15) is 67.2 Å². The van der Waals surface area contributed by atoms with Crippen molar-refractivity contribution in [2.24, 2.45) is 11.8 Å². The number of rotatable bonds is 7. The van der Waals surface area contributed by atoms with E-state index in [1.807, 2.05) is 0 Å². The van der Waals surface area contributed by atoms with E-state index in [1.165, 1.54) is 0 Å². The molecule has 0 aromatic carbocycles. The zero-order valence-electron chi connectivity index (χ0n) is 13.6.